The highest BCUT2D eigenvalue weighted by molar-refractivity contribution is 5.95. The van der Waals surface area contributed by atoms with Crippen LogP contribution in [0.15, 0.2) is 18.2 Å². The lowest BCUT2D eigenvalue weighted by molar-refractivity contribution is 0.0755. The summed E-state index contributed by atoms with van der Waals surface area (Å²) in [4.78, 5) is 12.6. The van der Waals surface area contributed by atoms with Gasteiger partial charge in [0.05, 0.1) is 0 Å². The van der Waals surface area contributed by atoms with Crippen LogP contribution in [0.3, 0.4) is 0 Å². The summed E-state index contributed by atoms with van der Waals surface area (Å²) >= 11 is 0. The lowest BCUT2D eigenvalue weighted by Crippen LogP contribution is -2.53. The van der Waals surface area contributed by atoms with E-state index in [0.717, 1.165) is 12.8 Å². The van der Waals surface area contributed by atoms with Crippen LogP contribution in [0.5, 0.6) is 11.5 Å². The third kappa shape index (κ3) is 3.12. The summed E-state index contributed by atoms with van der Waals surface area (Å²) in [6.07, 6.45) is 5.68. The van der Waals surface area contributed by atoms with Gasteiger partial charge in [0.15, 0.2) is 11.5 Å². The molecule has 2 aliphatic carbocycles. The second-order valence-electron chi connectivity index (χ2n) is 6.75. The van der Waals surface area contributed by atoms with Crippen LogP contribution >= 0.6 is 12.4 Å². The van der Waals surface area contributed by atoms with E-state index in [2.05, 4.69) is 5.32 Å². The van der Waals surface area contributed by atoms with Gasteiger partial charge in [0.2, 0.25) is 6.79 Å². The van der Waals surface area contributed by atoms with E-state index in [1.54, 1.807) is 18.2 Å². The molecule has 2 bridgehead atoms. The molecule has 2 unspecified atom stereocenters. The first-order valence-electron chi connectivity index (χ1n) is 8.17. The first kappa shape index (κ1) is 16.4. The van der Waals surface area contributed by atoms with Crippen LogP contribution in [-0.4, -0.2) is 24.8 Å². The number of halogens is 1. The topological polar surface area (TPSA) is 73.6 Å². The Bertz CT molecular complexity index is 581. The van der Waals surface area contributed by atoms with E-state index in [4.69, 9.17) is 15.2 Å². The van der Waals surface area contributed by atoms with Crippen molar-refractivity contribution in [2.24, 2.45) is 17.6 Å². The second kappa shape index (κ2) is 6.57. The molecule has 1 aromatic rings. The SMILES string of the molecule is Cl.NC1CC2CCCC(C1)C2NC(=O)c1ccc2c(c1)OCO2. The smallest absolute Gasteiger partial charge is 0.251 e. The lowest BCUT2D eigenvalue weighted by Gasteiger charge is -2.45. The number of ether oxygens (including phenoxy) is 2. The number of nitrogens with two attached hydrogens (primary N) is 1. The molecule has 0 spiro atoms. The molecular weight excluding hydrogens is 316 g/mol. The molecule has 6 heteroatoms. The fourth-order valence-corrected chi connectivity index (χ4v) is 4.30. The Kier molecular flexibility index (Phi) is 4.69. The normalized spacial score (nSPS) is 31.2. The maximum atomic E-state index is 12.6. The molecule has 5 nitrogen and oxygen atoms in total. The van der Waals surface area contributed by atoms with Crippen LogP contribution in [0.2, 0.25) is 0 Å². The number of hydrogen-bond acceptors (Lipinski definition) is 4. The average molecular weight is 339 g/mol. The monoisotopic (exact) mass is 338 g/mol. The fraction of sp³-hybridized carbons (Fsp3) is 0.588. The van der Waals surface area contributed by atoms with Gasteiger partial charge in [0, 0.05) is 17.6 Å². The van der Waals surface area contributed by atoms with E-state index in [9.17, 15) is 4.79 Å². The van der Waals surface area contributed by atoms with Gasteiger partial charge >= 0.3 is 0 Å². The average Bonchev–Trinajstić information content (AvgIpc) is 2.95. The maximum Gasteiger partial charge on any atom is 0.251 e. The summed E-state index contributed by atoms with van der Waals surface area (Å²) in [5.74, 6) is 2.40. The van der Waals surface area contributed by atoms with Crippen LogP contribution < -0.4 is 20.5 Å². The quantitative estimate of drug-likeness (QED) is 0.868. The van der Waals surface area contributed by atoms with Crippen molar-refractivity contribution in [2.45, 2.75) is 44.2 Å². The Morgan fingerprint density at radius 1 is 1.13 bits per heavy atom. The van der Waals surface area contributed by atoms with Gasteiger partial charge in [-0.25, -0.2) is 0 Å². The molecular formula is C17H23ClN2O3. The minimum atomic E-state index is -0.0179. The molecule has 23 heavy (non-hydrogen) atoms. The van der Waals surface area contributed by atoms with Crippen molar-refractivity contribution < 1.29 is 14.3 Å². The van der Waals surface area contributed by atoms with Crippen LogP contribution in [-0.2, 0) is 0 Å². The molecule has 2 saturated carbocycles. The number of amides is 1. The molecule has 1 aliphatic heterocycles. The molecule has 1 amide bonds. The summed E-state index contributed by atoms with van der Waals surface area (Å²) in [7, 11) is 0. The summed E-state index contributed by atoms with van der Waals surface area (Å²) < 4.78 is 10.6. The molecule has 0 saturated heterocycles. The van der Waals surface area contributed by atoms with Crippen LogP contribution in [0, 0.1) is 11.8 Å². The van der Waals surface area contributed by atoms with Crippen LogP contribution in [0.4, 0.5) is 0 Å². The van der Waals surface area contributed by atoms with E-state index in [1.807, 2.05) is 0 Å². The summed E-state index contributed by atoms with van der Waals surface area (Å²) in [6, 6.07) is 5.94. The van der Waals surface area contributed by atoms with E-state index in [0.29, 0.717) is 34.9 Å². The highest BCUT2D eigenvalue weighted by Gasteiger charge is 2.40. The molecule has 126 valence electrons. The molecule has 0 aromatic heterocycles. The Morgan fingerprint density at radius 2 is 1.83 bits per heavy atom. The molecule has 2 fully saturated rings. The van der Waals surface area contributed by atoms with Gasteiger partial charge in [-0.15, -0.1) is 12.4 Å². The molecule has 1 heterocycles. The van der Waals surface area contributed by atoms with Crippen LogP contribution in [0.1, 0.15) is 42.5 Å². The zero-order valence-electron chi connectivity index (χ0n) is 13.0. The van der Waals surface area contributed by atoms with E-state index in [-0.39, 0.29) is 31.1 Å². The molecule has 3 aliphatic rings. The van der Waals surface area contributed by atoms with Crippen molar-refractivity contribution in [2.75, 3.05) is 6.79 Å². The van der Waals surface area contributed by atoms with Gasteiger partial charge in [-0.2, -0.15) is 0 Å². The molecule has 2 atom stereocenters. The highest BCUT2D eigenvalue weighted by atomic mass is 35.5. The minimum absolute atomic E-state index is 0. The predicted molar refractivity (Wildman–Crippen MR) is 89.1 cm³/mol. The largest absolute Gasteiger partial charge is 0.454 e. The van der Waals surface area contributed by atoms with E-state index >= 15 is 0 Å². The number of nitrogens with one attached hydrogen (secondary N) is 1. The second-order valence-corrected chi connectivity index (χ2v) is 6.75. The van der Waals surface area contributed by atoms with Gasteiger partial charge < -0.3 is 20.5 Å². The summed E-state index contributed by atoms with van der Waals surface area (Å²) in [6.45, 7) is 0.227. The van der Waals surface area contributed by atoms with Gasteiger partial charge in [0.25, 0.3) is 5.91 Å². The third-order valence-corrected chi connectivity index (χ3v) is 5.31. The highest BCUT2D eigenvalue weighted by Crippen LogP contribution is 2.40. The van der Waals surface area contributed by atoms with Crippen molar-refractivity contribution in [3.05, 3.63) is 23.8 Å². The van der Waals surface area contributed by atoms with Crippen LogP contribution in [0.25, 0.3) is 0 Å². The van der Waals surface area contributed by atoms with E-state index in [1.165, 1.54) is 19.3 Å². The number of hydrogen-bond donors (Lipinski definition) is 2. The van der Waals surface area contributed by atoms with Crippen molar-refractivity contribution >= 4 is 18.3 Å². The third-order valence-electron chi connectivity index (χ3n) is 5.31. The first-order valence-corrected chi connectivity index (χ1v) is 8.17. The first-order chi connectivity index (χ1) is 10.7. The zero-order valence-corrected chi connectivity index (χ0v) is 13.8. The zero-order chi connectivity index (χ0) is 15.1. The van der Waals surface area contributed by atoms with Crippen molar-refractivity contribution in [1.82, 2.24) is 5.32 Å². The number of carbonyl (C=O) groups excluding carboxylic acids is 1. The molecule has 3 N–H and O–H groups in total. The minimum Gasteiger partial charge on any atom is -0.454 e. The fourth-order valence-electron chi connectivity index (χ4n) is 4.30. The van der Waals surface area contributed by atoms with Crippen molar-refractivity contribution in [1.29, 1.82) is 0 Å². The van der Waals surface area contributed by atoms with Gasteiger partial charge in [0.1, 0.15) is 0 Å². The maximum absolute atomic E-state index is 12.6. The number of benzene rings is 1. The lowest BCUT2D eigenvalue weighted by atomic mass is 9.67. The Balaban J connectivity index is 0.00000156. The Labute approximate surface area is 142 Å². The standard InChI is InChI=1S/C17H22N2O3.ClH/c18-13-6-10-2-1-3-11(7-13)16(10)19-17(20)12-4-5-14-15(8-12)22-9-21-14;/h4-5,8,10-11,13,16H,1-3,6-7,9,18H2,(H,19,20);1H. The van der Waals surface area contributed by atoms with Crippen molar-refractivity contribution in [3.8, 4) is 11.5 Å². The van der Waals surface area contributed by atoms with Gasteiger partial charge in [-0.05, 0) is 55.7 Å². The van der Waals surface area contributed by atoms with Crippen molar-refractivity contribution in [3.63, 3.8) is 0 Å². The number of rotatable bonds is 2. The Hall–Kier alpha value is -1.46. The molecule has 0 radical (unpaired) electrons. The summed E-state index contributed by atoms with van der Waals surface area (Å²) in [5, 5.41) is 3.26. The summed E-state index contributed by atoms with van der Waals surface area (Å²) in [5.41, 5.74) is 6.78. The van der Waals surface area contributed by atoms with Gasteiger partial charge in [-0.1, -0.05) is 6.42 Å². The van der Waals surface area contributed by atoms with Gasteiger partial charge in [-0.3, -0.25) is 4.79 Å². The van der Waals surface area contributed by atoms with E-state index < -0.39 is 0 Å². The number of fused-ring (bicyclic) bond motifs is 3. The molecule has 4 rings (SSSR count). The number of carbonyl (C=O) groups is 1. The Morgan fingerprint density at radius 3 is 2.57 bits per heavy atom. The molecule has 1 aromatic carbocycles. The predicted octanol–water partition coefficient (Wildman–Crippen LogP) is 2.47.